The smallest absolute Gasteiger partial charge is 0.122 e. The van der Waals surface area contributed by atoms with Crippen molar-refractivity contribution in [1.82, 2.24) is 5.32 Å². The molecular formula is C17H21NO3. The third kappa shape index (κ3) is 4.13. The van der Waals surface area contributed by atoms with Crippen LogP contribution in [0.25, 0.3) is 0 Å². The number of nitrogens with one attached hydrogen (secondary N) is 1. The fourth-order valence-corrected chi connectivity index (χ4v) is 2.15. The molecule has 2 N–H and O–H groups in total. The minimum atomic E-state index is 0.134. The molecule has 0 fully saturated rings. The summed E-state index contributed by atoms with van der Waals surface area (Å²) < 4.78 is 10.5. The van der Waals surface area contributed by atoms with Gasteiger partial charge < -0.3 is 19.9 Å². The first-order valence-corrected chi connectivity index (χ1v) is 6.86. The topological polar surface area (TPSA) is 50.7 Å². The van der Waals surface area contributed by atoms with Crippen molar-refractivity contribution in [3.63, 3.8) is 0 Å². The fraction of sp³-hybridized carbons (Fsp3) is 0.294. The Morgan fingerprint density at radius 3 is 2.29 bits per heavy atom. The van der Waals surface area contributed by atoms with Crippen LogP contribution in [0.5, 0.6) is 17.2 Å². The number of phenolic OH excluding ortho intramolecular Hbond substituents is 1. The van der Waals surface area contributed by atoms with Gasteiger partial charge in [0.05, 0.1) is 14.2 Å². The summed E-state index contributed by atoms with van der Waals surface area (Å²) in [5, 5.41) is 12.9. The average Bonchev–Trinajstić information content (AvgIpc) is 2.52. The lowest BCUT2D eigenvalue weighted by molar-refractivity contribution is 0.392. The normalized spacial score (nSPS) is 12.0. The molecule has 0 spiro atoms. The number of hydrogen-bond acceptors (Lipinski definition) is 4. The highest BCUT2D eigenvalue weighted by Crippen LogP contribution is 2.23. The molecule has 0 amide bonds. The van der Waals surface area contributed by atoms with Crippen LogP contribution in [0.4, 0.5) is 0 Å². The molecular weight excluding hydrogens is 266 g/mol. The van der Waals surface area contributed by atoms with Crippen LogP contribution in [-0.4, -0.2) is 19.3 Å². The lowest BCUT2D eigenvalue weighted by atomic mass is 10.1. The second kappa shape index (κ2) is 6.99. The Bertz CT molecular complexity index is 576. The monoisotopic (exact) mass is 287 g/mol. The van der Waals surface area contributed by atoms with E-state index in [0.717, 1.165) is 22.6 Å². The van der Waals surface area contributed by atoms with E-state index in [0.29, 0.717) is 6.54 Å². The molecule has 2 rings (SSSR count). The highest BCUT2D eigenvalue weighted by atomic mass is 16.5. The fourth-order valence-electron chi connectivity index (χ4n) is 2.15. The van der Waals surface area contributed by atoms with Crippen molar-refractivity contribution in [2.75, 3.05) is 14.2 Å². The zero-order valence-electron chi connectivity index (χ0n) is 12.6. The van der Waals surface area contributed by atoms with Gasteiger partial charge in [0.15, 0.2) is 0 Å². The molecule has 0 aliphatic rings. The molecule has 0 aromatic heterocycles. The minimum absolute atomic E-state index is 0.134. The molecule has 0 heterocycles. The lowest BCUT2D eigenvalue weighted by Crippen LogP contribution is -2.18. The van der Waals surface area contributed by atoms with Gasteiger partial charge in [-0.15, -0.1) is 0 Å². The molecule has 112 valence electrons. The number of phenols is 1. The molecule has 0 radical (unpaired) electrons. The van der Waals surface area contributed by atoms with Crippen LogP contribution in [0.3, 0.4) is 0 Å². The van der Waals surface area contributed by atoms with Crippen LogP contribution in [0, 0.1) is 0 Å². The molecule has 0 bridgehead atoms. The van der Waals surface area contributed by atoms with Crippen LogP contribution < -0.4 is 14.8 Å². The van der Waals surface area contributed by atoms with Crippen molar-refractivity contribution >= 4 is 0 Å². The predicted molar refractivity (Wildman–Crippen MR) is 82.9 cm³/mol. The highest BCUT2D eigenvalue weighted by Gasteiger charge is 2.07. The summed E-state index contributed by atoms with van der Waals surface area (Å²) in [4.78, 5) is 0. The van der Waals surface area contributed by atoms with Gasteiger partial charge in [0.25, 0.3) is 0 Å². The summed E-state index contributed by atoms with van der Waals surface area (Å²) in [6.45, 7) is 2.75. The zero-order valence-corrected chi connectivity index (χ0v) is 12.6. The molecule has 4 heteroatoms. The van der Waals surface area contributed by atoms with E-state index in [2.05, 4.69) is 12.2 Å². The van der Waals surface area contributed by atoms with Crippen molar-refractivity contribution in [3.05, 3.63) is 53.6 Å². The molecule has 0 saturated carbocycles. The largest absolute Gasteiger partial charge is 0.508 e. The van der Waals surface area contributed by atoms with Crippen molar-refractivity contribution in [2.45, 2.75) is 19.5 Å². The summed E-state index contributed by atoms with van der Waals surface area (Å²) in [5.41, 5.74) is 2.13. The van der Waals surface area contributed by atoms with E-state index >= 15 is 0 Å². The van der Waals surface area contributed by atoms with Crippen molar-refractivity contribution in [1.29, 1.82) is 0 Å². The standard InChI is InChI=1S/C17H21NO3/c1-12(14-5-4-6-15(19)9-14)18-11-13-7-16(20-2)10-17(8-13)21-3/h4-10,12,18-19H,11H2,1-3H3. The van der Waals surface area contributed by atoms with Crippen LogP contribution in [0.2, 0.25) is 0 Å². The molecule has 4 nitrogen and oxygen atoms in total. The van der Waals surface area contributed by atoms with Gasteiger partial charge in [-0.25, -0.2) is 0 Å². The Labute approximate surface area is 125 Å². The zero-order chi connectivity index (χ0) is 15.2. The summed E-state index contributed by atoms with van der Waals surface area (Å²) >= 11 is 0. The van der Waals surface area contributed by atoms with Crippen LogP contribution in [0.15, 0.2) is 42.5 Å². The predicted octanol–water partition coefficient (Wildman–Crippen LogP) is 3.26. The average molecular weight is 287 g/mol. The number of ether oxygens (including phenoxy) is 2. The Kier molecular flexibility index (Phi) is 5.06. The highest BCUT2D eigenvalue weighted by molar-refractivity contribution is 5.38. The van der Waals surface area contributed by atoms with Gasteiger partial charge in [-0.1, -0.05) is 12.1 Å². The minimum Gasteiger partial charge on any atom is -0.508 e. The van der Waals surface area contributed by atoms with E-state index in [-0.39, 0.29) is 11.8 Å². The molecule has 2 aromatic rings. The van der Waals surface area contributed by atoms with Gasteiger partial charge in [0, 0.05) is 18.7 Å². The SMILES string of the molecule is COc1cc(CNC(C)c2cccc(O)c2)cc(OC)c1. The molecule has 1 unspecified atom stereocenters. The molecule has 0 aliphatic carbocycles. The van der Waals surface area contributed by atoms with Gasteiger partial charge in [0.1, 0.15) is 17.2 Å². The van der Waals surface area contributed by atoms with Gasteiger partial charge in [-0.3, -0.25) is 0 Å². The van der Waals surface area contributed by atoms with Gasteiger partial charge in [-0.05, 0) is 42.3 Å². The van der Waals surface area contributed by atoms with E-state index in [4.69, 9.17) is 9.47 Å². The van der Waals surface area contributed by atoms with E-state index in [9.17, 15) is 5.11 Å². The maximum Gasteiger partial charge on any atom is 0.122 e. The lowest BCUT2D eigenvalue weighted by Gasteiger charge is -2.15. The second-order valence-electron chi connectivity index (χ2n) is 4.92. The Morgan fingerprint density at radius 2 is 1.71 bits per heavy atom. The Balaban J connectivity index is 2.05. The van der Waals surface area contributed by atoms with Crippen molar-refractivity contribution < 1.29 is 14.6 Å². The number of aromatic hydroxyl groups is 1. The van der Waals surface area contributed by atoms with E-state index in [1.165, 1.54) is 0 Å². The van der Waals surface area contributed by atoms with Crippen LogP contribution >= 0.6 is 0 Å². The maximum absolute atomic E-state index is 9.52. The number of rotatable bonds is 6. The maximum atomic E-state index is 9.52. The van der Waals surface area contributed by atoms with Crippen molar-refractivity contribution in [3.8, 4) is 17.2 Å². The van der Waals surface area contributed by atoms with E-state index in [1.807, 2.05) is 30.3 Å². The second-order valence-corrected chi connectivity index (χ2v) is 4.92. The molecule has 2 aromatic carbocycles. The van der Waals surface area contributed by atoms with Crippen LogP contribution in [-0.2, 0) is 6.54 Å². The first kappa shape index (κ1) is 15.2. The number of benzene rings is 2. The quantitative estimate of drug-likeness (QED) is 0.856. The molecule has 0 aliphatic heterocycles. The van der Waals surface area contributed by atoms with Crippen LogP contribution in [0.1, 0.15) is 24.1 Å². The summed E-state index contributed by atoms with van der Waals surface area (Å²) in [7, 11) is 3.28. The molecule has 0 saturated heterocycles. The number of hydrogen-bond donors (Lipinski definition) is 2. The van der Waals surface area contributed by atoms with Gasteiger partial charge in [-0.2, -0.15) is 0 Å². The van der Waals surface area contributed by atoms with Crippen molar-refractivity contribution in [2.24, 2.45) is 0 Å². The van der Waals surface area contributed by atoms with Gasteiger partial charge >= 0.3 is 0 Å². The first-order valence-electron chi connectivity index (χ1n) is 6.86. The van der Waals surface area contributed by atoms with E-state index in [1.54, 1.807) is 26.4 Å². The van der Waals surface area contributed by atoms with E-state index < -0.39 is 0 Å². The first-order chi connectivity index (χ1) is 10.1. The molecule has 21 heavy (non-hydrogen) atoms. The third-order valence-corrected chi connectivity index (χ3v) is 3.39. The molecule has 1 atom stereocenters. The summed E-state index contributed by atoms with van der Waals surface area (Å²) in [5.74, 6) is 1.83. The van der Waals surface area contributed by atoms with Gasteiger partial charge in [0.2, 0.25) is 0 Å². The Morgan fingerprint density at radius 1 is 1.05 bits per heavy atom. The third-order valence-electron chi connectivity index (χ3n) is 3.39. The Hall–Kier alpha value is -2.20. The summed E-state index contributed by atoms with van der Waals surface area (Å²) in [6, 6.07) is 13.2. The summed E-state index contributed by atoms with van der Waals surface area (Å²) in [6.07, 6.45) is 0. The number of methoxy groups -OCH3 is 2.